The van der Waals surface area contributed by atoms with Crippen molar-refractivity contribution < 1.29 is 4.52 Å². The molecule has 1 heterocycles. The van der Waals surface area contributed by atoms with E-state index in [-0.39, 0.29) is 0 Å². The van der Waals surface area contributed by atoms with Crippen LogP contribution in [0, 0.1) is 17.8 Å². The van der Waals surface area contributed by atoms with Gasteiger partial charge in [-0.2, -0.15) is 4.98 Å². The van der Waals surface area contributed by atoms with Crippen LogP contribution in [-0.2, 0) is 0 Å². The zero-order valence-electron chi connectivity index (χ0n) is 13.1. The Morgan fingerprint density at radius 2 is 2.00 bits per heavy atom. The van der Waals surface area contributed by atoms with E-state index in [9.17, 15) is 0 Å². The third-order valence-corrected chi connectivity index (χ3v) is 5.52. The van der Waals surface area contributed by atoms with E-state index in [4.69, 9.17) is 9.51 Å². The maximum Gasteiger partial charge on any atom is 0.231 e. The van der Waals surface area contributed by atoms with E-state index in [1.54, 1.807) is 0 Å². The zero-order valence-corrected chi connectivity index (χ0v) is 13.1. The van der Waals surface area contributed by atoms with Gasteiger partial charge in [0.25, 0.3) is 0 Å². The average molecular weight is 277 g/mol. The Hall–Kier alpha value is -0.900. The van der Waals surface area contributed by atoms with Crippen LogP contribution in [0.25, 0.3) is 0 Å². The molecule has 1 aromatic heterocycles. The van der Waals surface area contributed by atoms with Crippen LogP contribution in [0.2, 0.25) is 0 Å². The molecule has 4 nitrogen and oxygen atoms in total. The molecule has 1 aromatic rings. The van der Waals surface area contributed by atoms with Crippen molar-refractivity contribution in [3.8, 4) is 0 Å². The van der Waals surface area contributed by atoms with Gasteiger partial charge in [0.15, 0.2) is 5.82 Å². The van der Waals surface area contributed by atoms with E-state index in [2.05, 4.69) is 31.2 Å². The molecule has 1 N–H and O–H groups in total. The molecule has 2 saturated carbocycles. The molecule has 0 radical (unpaired) electrons. The second-order valence-electron chi connectivity index (χ2n) is 7.12. The first-order valence-electron chi connectivity index (χ1n) is 8.11. The number of hydrogen-bond donors (Lipinski definition) is 1. The Bertz CT molecular complexity index is 456. The standard InChI is InChI=1S/C16H27N3O/c1-9(2)14(10(3)17-4)16-18-15(19-20-16)13-8-11-5-6-12(13)7-11/h9-14,17H,5-8H2,1-4H3. The molecule has 2 bridgehead atoms. The summed E-state index contributed by atoms with van der Waals surface area (Å²) in [6.45, 7) is 6.63. The summed E-state index contributed by atoms with van der Waals surface area (Å²) >= 11 is 0. The van der Waals surface area contributed by atoms with Crippen molar-refractivity contribution in [2.75, 3.05) is 7.05 Å². The van der Waals surface area contributed by atoms with Gasteiger partial charge in [0, 0.05) is 12.0 Å². The van der Waals surface area contributed by atoms with Gasteiger partial charge in [-0.3, -0.25) is 0 Å². The minimum atomic E-state index is 0.292. The lowest BCUT2D eigenvalue weighted by atomic mass is 9.87. The van der Waals surface area contributed by atoms with Gasteiger partial charge in [-0.15, -0.1) is 0 Å². The lowest BCUT2D eigenvalue weighted by molar-refractivity contribution is 0.282. The molecular formula is C16H27N3O. The maximum absolute atomic E-state index is 5.63. The maximum atomic E-state index is 5.63. The normalized spacial score (nSPS) is 31.9. The number of hydrogen-bond acceptors (Lipinski definition) is 4. The summed E-state index contributed by atoms with van der Waals surface area (Å²) in [4.78, 5) is 4.78. The summed E-state index contributed by atoms with van der Waals surface area (Å²) in [6.07, 6.45) is 5.43. The van der Waals surface area contributed by atoms with Gasteiger partial charge in [-0.1, -0.05) is 25.4 Å². The first-order valence-corrected chi connectivity index (χ1v) is 8.11. The quantitative estimate of drug-likeness (QED) is 0.897. The molecular weight excluding hydrogens is 250 g/mol. The summed E-state index contributed by atoms with van der Waals surface area (Å²) in [5.41, 5.74) is 0. The summed E-state index contributed by atoms with van der Waals surface area (Å²) in [6, 6.07) is 0.350. The van der Waals surface area contributed by atoms with Crippen LogP contribution in [-0.4, -0.2) is 23.2 Å². The molecule has 2 aliphatic carbocycles. The van der Waals surface area contributed by atoms with E-state index in [1.165, 1.54) is 25.7 Å². The zero-order chi connectivity index (χ0) is 14.3. The lowest BCUT2D eigenvalue weighted by Gasteiger charge is -2.23. The summed E-state index contributed by atoms with van der Waals surface area (Å²) in [5, 5.41) is 7.65. The minimum absolute atomic E-state index is 0.292. The van der Waals surface area contributed by atoms with Gasteiger partial charge in [0.1, 0.15) is 0 Å². The van der Waals surface area contributed by atoms with Crippen LogP contribution in [0.15, 0.2) is 4.52 Å². The molecule has 20 heavy (non-hydrogen) atoms. The van der Waals surface area contributed by atoms with Crippen molar-refractivity contribution in [1.82, 2.24) is 15.5 Å². The van der Waals surface area contributed by atoms with Crippen molar-refractivity contribution in [3.63, 3.8) is 0 Å². The number of aromatic nitrogens is 2. The largest absolute Gasteiger partial charge is 0.339 e. The van der Waals surface area contributed by atoms with Crippen LogP contribution in [0.4, 0.5) is 0 Å². The molecule has 5 atom stereocenters. The fourth-order valence-electron chi connectivity index (χ4n) is 4.35. The molecule has 0 aliphatic heterocycles. The lowest BCUT2D eigenvalue weighted by Crippen LogP contribution is -2.32. The van der Waals surface area contributed by atoms with E-state index >= 15 is 0 Å². The van der Waals surface area contributed by atoms with Crippen molar-refractivity contribution >= 4 is 0 Å². The highest BCUT2D eigenvalue weighted by Gasteiger charge is 2.42. The summed E-state index contributed by atoms with van der Waals surface area (Å²) < 4.78 is 5.63. The van der Waals surface area contributed by atoms with Gasteiger partial charge < -0.3 is 9.84 Å². The molecule has 2 fully saturated rings. The molecule has 0 saturated heterocycles. The van der Waals surface area contributed by atoms with Crippen LogP contribution in [0.3, 0.4) is 0 Å². The summed E-state index contributed by atoms with van der Waals surface area (Å²) in [5.74, 6) is 4.86. The van der Waals surface area contributed by atoms with Crippen LogP contribution in [0.1, 0.15) is 70.0 Å². The first-order chi connectivity index (χ1) is 9.60. The highest BCUT2D eigenvalue weighted by molar-refractivity contribution is 5.08. The Labute approximate surface area is 121 Å². The molecule has 0 amide bonds. The second kappa shape index (κ2) is 5.47. The fourth-order valence-corrected chi connectivity index (χ4v) is 4.35. The number of likely N-dealkylation sites (N-methyl/N-ethyl adjacent to an activating group) is 1. The predicted octanol–water partition coefficient (Wildman–Crippen LogP) is 3.32. The highest BCUT2D eigenvalue weighted by atomic mass is 16.5. The Morgan fingerprint density at radius 3 is 2.55 bits per heavy atom. The second-order valence-corrected chi connectivity index (χ2v) is 7.12. The van der Waals surface area contributed by atoms with Gasteiger partial charge in [0.05, 0.1) is 5.92 Å². The molecule has 112 valence electrons. The van der Waals surface area contributed by atoms with E-state index < -0.39 is 0 Å². The van der Waals surface area contributed by atoms with Gasteiger partial charge in [-0.25, -0.2) is 0 Å². The average Bonchev–Trinajstić information content (AvgIpc) is 3.13. The van der Waals surface area contributed by atoms with Crippen molar-refractivity contribution in [2.45, 2.75) is 64.3 Å². The monoisotopic (exact) mass is 277 g/mol. The minimum Gasteiger partial charge on any atom is -0.339 e. The third-order valence-electron chi connectivity index (χ3n) is 5.52. The Balaban J connectivity index is 1.78. The van der Waals surface area contributed by atoms with Gasteiger partial charge in [0.2, 0.25) is 5.89 Å². The van der Waals surface area contributed by atoms with Crippen molar-refractivity contribution in [2.24, 2.45) is 17.8 Å². The number of rotatable bonds is 5. The Morgan fingerprint density at radius 1 is 1.20 bits per heavy atom. The Kier molecular flexibility index (Phi) is 3.85. The molecule has 0 spiro atoms. The number of nitrogens with zero attached hydrogens (tertiary/aromatic N) is 2. The van der Waals surface area contributed by atoms with E-state index in [0.29, 0.717) is 23.8 Å². The molecule has 2 aliphatic rings. The van der Waals surface area contributed by atoms with Crippen molar-refractivity contribution in [3.05, 3.63) is 11.7 Å². The smallest absolute Gasteiger partial charge is 0.231 e. The highest BCUT2D eigenvalue weighted by Crippen LogP contribution is 2.52. The molecule has 5 unspecified atom stereocenters. The van der Waals surface area contributed by atoms with Crippen molar-refractivity contribution in [1.29, 1.82) is 0 Å². The topological polar surface area (TPSA) is 51.0 Å². The molecule has 3 rings (SSSR count). The van der Waals surface area contributed by atoms with Crippen LogP contribution in [0.5, 0.6) is 0 Å². The summed E-state index contributed by atoms with van der Waals surface area (Å²) in [7, 11) is 1.99. The molecule has 4 heteroatoms. The fraction of sp³-hybridized carbons (Fsp3) is 0.875. The van der Waals surface area contributed by atoms with Gasteiger partial charge >= 0.3 is 0 Å². The van der Waals surface area contributed by atoms with E-state index in [1.807, 2.05) is 7.05 Å². The van der Waals surface area contributed by atoms with Gasteiger partial charge in [-0.05, 0) is 51.0 Å². The number of nitrogens with one attached hydrogen (secondary N) is 1. The molecule has 0 aromatic carbocycles. The van der Waals surface area contributed by atoms with Crippen LogP contribution >= 0.6 is 0 Å². The van der Waals surface area contributed by atoms with E-state index in [0.717, 1.165) is 23.6 Å². The number of fused-ring (bicyclic) bond motifs is 2. The van der Waals surface area contributed by atoms with Crippen LogP contribution < -0.4 is 5.32 Å². The first kappa shape index (κ1) is 14.1. The SMILES string of the molecule is CNC(C)C(c1nc(C2CC3CCC2C3)no1)C(C)C. The third kappa shape index (κ3) is 2.39. The predicted molar refractivity (Wildman–Crippen MR) is 78.6 cm³/mol.